The van der Waals surface area contributed by atoms with Crippen LogP contribution in [0.2, 0.25) is 0 Å². The van der Waals surface area contributed by atoms with Gasteiger partial charge in [0.2, 0.25) is 0 Å². The van der Waals surface area contributed by atoms with Crippen LogP contribution in [0, 0.1) is 13.8 Å². The monoisotopic (exact) mass is 287 g/mol. The molecule has 0 saturated carbocycles. The molecule has 1 heterocycles. The molecule has 0 aliphatic heterocycles. The van der Waals surface area contributed by atoms with Gasteiger partial charge in [0.1, 0.15) is 11.5 Å². The van der Waals surface area contributed by atoms with Gasteiger partial charge in [-0.3, -0.25) is 4.79 Å². The Morgan fingerprint density at radius 1 is 1.33 bits per heavy atom. The molecular formula is C15H17N3O3. The molecule has 1 amide bonds. The van der Waals surface area contributed by atoms with E-state index in [0.29, 0.717) is 28.3 Å². The third-order valence-corrected chi connectivity index (χ3v) is 3.21. The number of hydrogen-bond acceptors (Lipinski definition) is 4. The van der Waals surface area contributed by atoms with Gasteiger partial charge in [0.25, 0.3) is 5.91 Å². The van der Waals surface area contributed by atoms with Gasteiger partial charge in [-0.1, -0.05) is 17.3 Å². The number of rotatable bonds is 3. The number of nitrogens with zero attached hydrogens (tertiary/aromatic N) is 2. The second-order valence-electron chi connectivity index (χ2n) is 4.73. The molecule has 110 valence electrons. The lowest BCUT2D eigenvalue weighted by Crippen LogP contribution is -2.26. The van der Waals surface area contributed by atoms with Gasteiger partial charge >= 0.3 is 0 Å². The molecule has 0 spiro atoms. The van der Waals surface area contributed by atoms with Crippen molar-refractivity contribution in [1.82, 2.24) is 0 Å². The Hall–Kier alpha value is -2.76. The van der Waals surface area contributed by atoms with E-state index in [1.165, 1.54) is 4.90 Å². The predicted octanol–water partition coefficient (Wildman–Crippen LogP) is 2.27. The fraction of sp³-hybridized carbons (Fsp3) is 0.200. The number of nitrogens with two attached hydrogens (primary N) is 1. The van der Waals surface area contributed by atoms with Crippen molar-refractivity contribution in [1.29, 1.82) is 0 Å². The summed E-state index contributed by atoms with van der Waals surface area (Å²) in [5, 5.41) is 11.7. The maximum Gasteiger partial charge on any atom is 0.261 e. The summed E-state index contributed by atoms with van der Waals surface area (Å²) in [6.45, 7) is 3.55. The van der Waals surface area contributed by atoms with Crippen molar-refractivity contribution < 1.29 is 14.4 Å². The Morgan fingerprint density at radius 2 is 2.05 bits per heavy atom. The van der Waals surface area contributed by atoms with Crippen LogP contribution in [-0.2, 0) is 0 Å². The highest BCUT2D eigenvalue weighted by atomic mass is 16.4. The number of furan rings is 1. The number of benzene rings is 1. The average Bonchev–Trinajstić information content (AvgIpc) is 2.83. The van der Waals surface area contributed by atoms with Gasteiger partial charge in [-0.2, -0.15) is 0 Å². The summed E-state index contributed by atoms with van der Waals surface area (Å²) in [5.74, 6) is 1.08. The van der Waals surface area contributed by atoms with E-state index in [2.05, 4.69) is 5.16 Å². The first-order chi connectivity index (χ1) is 9.93. The second kappa shape index (κ2) is 5.70. The molecule has 0 aliphatic carbocycles. The number of amidine groups is 1. The smallest absolute Gasteiger partial charge is 0.261 e. The molecule has 0 saturated heterocycles. The fourth-order valence-corrected chi connectivity index (χ4v) is 2.07. The van der Waals surface area contributed by atoms with Crippen LogP contribution < -0.4 is 10.6 Å². The van der Waals surface area contributed by atoms with Gasteiger partial charge in [0.05, 0.1) is 5.56 Å². The third kappa shape index (κ3) is 2.89. The van der Waals surface area contributed by atoms with Crippen molar-refractivity contribution >= 4 is 17.4 Å². The summed E-state index contributed by atoms with van der Waals surface area (Å²) < 4.78 is 5.38. The molecule has 1 aromatic carbocycles. The first kappa shape index (κ1) is 14.6. The van der Waals surface area contributed by atoms with Crippen molar-refractivity contribution in [3.8, 4) is 0 Å². The number of carbonyl (C=O) groups is 1. The predicted molar refractivity (Wildman–Crippen MR) is 79.9 cm³/mol. The highest BCUT2D eigenvalue weighted by molar-refractivity contribution is 6.07. The Balaban J connectivity index is 2.34. The highest BCUT2D eigenvalue weighted by Crippen LogP contribution is 2.21. The molecule has 2 aromatic rings. The van der Waals surface area contributed by atoms with Crippen molar-refractivity contribution in [3.05, 3.63) is 53.0 Å². The van der Waals surface area contributed by atoms with Crippen LogP contribution in [0.3, 0.4) is 0 Å². The maximum absolute atomic E-state index is 12.5. The summed E-state index contributed by atoms with van der Waals surface area (Å²) in [6, 6.07) is 8.59. The minimum atomic E-state index is -0.180. The van der Waals surface area contributed by atoms with E-state index >= 15 is 0 Å². The molecule has 2 rings (SSSR count). The van der Waals surface area contributed by atoms with Crippen LogP contribution >= 0.6 is 0 Å². The zero-order valence-corrected chi connectivity index (χ0v) is 12.1. The van der Waals surface area contributed by atoms with E-state index in [-0.39, 0.29) is 11.7 Å². The minimum Gasteiger partial charge on any atom is -0.466 e. The van der Waals surface area contributed by atoms with E-state index < -0.39 is 0 Å². The maximum atomic E-state index is 12.5. The molecule has 6 heteroatoms. The lowest BCUT2D eigenvalue weighted by molar-refractivity contribution is 0.0991. The molecule has 0 bridgehead atoms. The van der Waals surface area contributed by atoms with Crippen LogP contribution in [0.1, 0.15) is 27.4 Å². The molecule has 0 unspecified atom stereocenters. The zero-order valence-electron chi connectivity index (χ0n) is 12.1. The number of anilines is 1. The van der Waals surface area contributed by atoms with Gasteiger partial charge in [-0.15, -0.1) is 0 Å². The van der Waals surface area contributed by atoms with Crippen molar-refractivity contribution in [2.75, 3.05) is 11.9 Å². The molecular weight excluding hydrogens is 270 g/mol. The quantitative estimate of drug-likeness (QED) is 0.392. The molecule has 1 aromatic heterocycles. The molecule has 3 N–H and O–H groups in total. The summed E-state index contributed by atoms with van der Waals surface area (Å²) in [6.07, 6.45) is 0. The van der Waals surface area contributed by atoms with Crippen LogP contribution in [-0.4, -0.2) is 24.0 Å². The van der Waals surface area contributed by atoms with Gasteiger partial charge in [-0.25, -0.2) is 0 Å². The fourth-order valence-electron chi connectivity index (χ4n) is 2.07. The topological polar surface area (TPSA) is 92.1 Å². The lowest BCUT2D eigenvalue weighted by Gasteiger charge is -2.17. The third-order valence-electron chi connectivity index (χ3n) is 3.21. The first-order valence-electron chi connectivity index (χ1n) is 6.37. The van der Waals surface area contributed by atoms with Crippen molar-refractivity contribution in [2.24, 2.45) is 10.9 Å². The Morgan fingerprint density at radius 3 is 2.62 bits per heavy atom. The second-order valence-corrected chi connectivity index (χ2v) is 4.73. The van der Waals surface area contributed by atoms with Crippen molar-refractivity contribution in [3.63, 3.8) is 0 Å². The number of oxime groups is 1. The van der Waals surface area contributed by atoms with E-state index in [1.54, 1.807) is 51.2 Å². The number of hydrogen-bond donors (Lipinski definition) is 2. The van der Waals surface area contributed by atoms with Crippen LogP contribution in [0.15, 0.2) is 39.9 Å². The van der Waals surface area contributed by atoms with E-state index in [4.69, 9.17) is 15.4 Å². The van der Waals surface area contributed by atoms with Crippen LogP contribution in [0.25, 0.3) is 0 Å². The molecule has 0 fully saturated rings. The van der Waals surface area contributed by atoms with Gasteiger partial charge in [0, 0.05) is 18.3 Å². The number of carbonyl (C=O) groups excluding carboxylic acids is 1. The van der Waals surface area contributed by atoms with E-state index in [9.17, 15) is 4.79 Å². The number of amides is 1. The zero-order chi connectivity index (χ0) is 15.6. The standard InChI is InChI=1S/C15H17N3O3/c1-9-7-13(10(2)21-9)15(19)18(3)12-6-4-5-11(8-12)14(16)17-20/h4-8,20H,1-3H3,(H2,16,17). The largest absolute Gasteiger partial charge is 0.466 e. The van der Waals surface area contributed by atoms with E-state index in [0.717, 1.165) is 0 Å². The summed E-state index contributed by atoms with van der Waals surface area (Å²) in [4.78, 5) is 14.0. The SMILES string of the molecule is Cc1cc(C(=O)N(C)c2cccc(C(N)=NO)c2)c(C)o1. The molecule has 0 atom stereocenters. The average molecular weight is 287 g/mol. The Kier molecular flexibility index (Phi) is 3.98. The minimum absolute atomic E-state index is 0.00645. The van der Waals surface area contributed by atoms with E-state index in [1.807, 2.05) is 0 Å². The molecule has 21 heavy (non-hydrogen) atoms. The van der Waals surface area contributed by atoms with Gasteiger partial charge in [-0.05, 0) is 32.0 Å². The number of aryl methyl sites for hydroxylation is 2. The van der Waals surface area contributed by atoms with Gasteiger partial charge in [0.15, 0.2) is 5.84 Å². The lowest BCUT2D eigenvalue weighted by atomic mass is 10.1. The summed E-state index contributed by atoms with van der Waals surface area (Å²) in [7, 11) is 1.66. The van der Waals surface area contributed by atoms with Crippen molar-refractivity contribution in [2.45, 2.75) is 13.8 Å². The molecule has 0 aliphatic rings. The van der Waals surface area contributed by atoms with Crippen LogP contribution in [0.4, 0.5) is 5.69 Å². The normalized spacial score (nSPS) is 11.5. The van der Waals surface area contributed by atoms with Crippen LogP contribution in [0.5, 0.6) is 0 Å². The summed E-state index contributed by atoms with van der Waals surface area (Å²) >= 11 is 0. The Bertz CT molecular complexity index is 704. The van der Waals surface area contributed by atoms with Gasteiger partial charge < -0.3 is 20.3 Å². The summed E-state index contributed by atoms with van der Waals surface area (Å²) in [5.41, 5.74) is 7.26. The Labute approximate surface area is 122 Å². The first-order valence-corrected chi connectivity index (χ1v) is 6.37. The highest BCUT2D eigenvalue weighted by Gasteiger charge is 2.19. The molecule has 0 radical (unpaired) electrons. The molecule has 6 nitrogen and oxygen atoms in total.